The van der Waals surface area contributed by atoms with Crippen molar-refractivity contribution in [3.05, 3.63) is 36.2 Å². The smallest absolute Gasteiger partial charge is 0.226 e. The predicted octanol–water partition coefficient (Wildman–Crippen LogP) is 2.23. The molecule has 0 aliphatic heterocycles. The van der Waals surface area contributed by atoms with E-state index in [2.05, 4.69) is 4.98 Å². The van der Waals surface area contributed by atoms with Crippen LogP contribution in [0.5, 0.6) is 0 Å². The molecule has 2 rings (SSSR count). The lowest BCUT2D eigenvalue weighted by Crippen LogP contribution is -1.85. The molecule has 0 aliphatic carbocycles. The lowest BCUT2D eigenvalue weighted by atomic mass is 10.2. The van der Waals surface area contributed by atoms with Gasteiger partial charge in [0.15, 0.2) is 0 Å². The molecule has 66 valence electrons. The number of hydrogen-bond donors (Lipinski definition) is 1. The van der Waals surface area contributed by atoms with E-state index >= 15 is 0 Å². The Hall–Kier alpha value is -1.77. The number of oxazole rings is 1. The minimum Gasteiger partial charge on any atom is -0.444 e. The number of nitrogen functional groups attached to an aromatic ring is 1. The van der Waals surface area contributed by atoms with Gasteiger partial charge in [0.2, 0.25) is 5.89 Å². The van der Waals surface area contributed by atoms with Crippen LogP contribution in [0.15, 0.2) is 34.9 Å². The van der Waals surface area contributed by atoms with E-state index < -0.39 is 0 Å². The van der Waals surface area contributed by atoms with Gasteiger partial charge in [0.05, 0.1) is 5.69 Å². The van der Waals surface area contributed by atoms with Crippen LogP contribution < -0.4 is 5.73 Å². The number of aryl methyl sites for hydroxylation is 1. The molecule has 0 saturated carbocycles. The van der Waals surface area contributed by atoms with Crippen molar-refractivity contribution in [2.24, 2.45) is 0 Å². The predicted molar refractivity (Wildman–Crippen MR) is 51.1 cm³/mol. The van der Waals surface area contributed by atoms with E-state index in [0.717, 1.165) is 11.3 Å². The fourth-order valence-electron chi connectivity index (χ4n) is 1.16. The summed E-state index contributed by atoms with van der Waals surface area (Å²) in [6, 6.07) is 7.47. The van der Waals surface area contributed by atoms with Crippen molar-refractivity contribution in [3.63, 3.8) is 0 Å². The Morgan fingerprint density at radius 1 is 1.38 bits per heavy atom. The van der Waals surface area contributed by atoms with E-state index in [9.17, 15) is 0 Å². The molecular weight excluding hydrogens is 164 g/mol. The van der Waals surface area contributed by atoms with E-state index in [0.29, 0.717) is 11.6 Å². The maximum absolute atomic E-state index is 5.63. The van der Waals surface area contributed by atoms with Crippen molar-refractivity contribution in [3.8, 4) is 11.5 Å². The monoisotopic (exact) mass is 174 g/mol. The first-order chi connectivity index (χ1) is 6.25. The number of aromatic nitrogens is 1. The molecule has 0 bridgehead atoms. The minimum atomic E-state index is 0.616. The van der Waals surface area contributed by atoms with Gasteiger partial charge in [-0.25, -0.2) is 4.98 Å². The molecule has 13 heavy (non-hydrogen) atoms. The summed E-state index contributed by atoms with van der Waals surface area (Å²) in [5, 5.41) is 0. The molecule has 0 aliphatic rings. The Kier molecular flexibility index (Phi) is 1.77. The number of hydrogen-bond acceptors (Lipinski definition) is 3. The largest absolute Gasteiger partial charge is 0.444 e. The van der Waals surface area contributed by atoms with Crippen LogP contribution in [0.1, 0.15) is 5.69 Å². The third-order valence-corrected chi connectivity index (χ3v) is 1.75. The first kappa shape index (κ1) is 7.86. The lowest BCUT2D eigenvalue weighted by Gasteiger charge is -1.95. The van der Waals surface area contributed by atoms with Crippen molar-refractivity contribution >= 4 is 5.69 Å². The average molecular weight is 174 g/mol. The molecule has 3 heteroatoms. The second-order valence-electron chi connectivity index (χ2n) is 2.92. The van der Waals surface area contributed by atoms with Crippen LogP contribution in [0, 0.1) is 6.92 Å². The summed E-state index contributed by atoms with van der Waals surface area (Å²) in [5.74, 6) is 0.616. The number of anilines is 1. The molecule has 0 radical (unpaired) electrons. The van der Waals surface area contributed by atoms with Gasteiger partial charge in [0.1, 0.15) is 6.26 Å². The van der Waals surface area contributed by atoms with Gasteiger partial charge in [-0.1, -0.05) is 6.07 Å². The van der Waals surface area contributed by atoms with Gasteiger partial charge in [-0.05, 0) is 25.1 Å². The van der Waals surface area contributed by atoms with Gasteiger partial charge in [-0.15, -0.1) is 0 Å². The fourth-order valence-corrected chi connectivity index (χ4v) is 1.16. The van der Waals surface area contributed by atoms with Crippen molar-refractivity contribution in [1.29, 1.82) is 0 Å². The molecule has 0 spiro atoms. The Morgan fingerprint density at radius 2 is 2.23 bits per heavy atom. The molecule has 2 N–H and O–H groups in total. The summed E-state index contributed by atoms with van der Waals surface area (Å²) >= 11 is 0. The maximum Gasteiger partial charge on any atom is 0.226 e. The molecule has 0 atom stereocenters. The Balaban J connectivity index is 2.46. The van der Waals surface area contributed by atoms with Crippen LogP contribution in [0.25, 0.3) is 11.5 Å². The fraction of sp³-hybridized carbons (Fsp3) is 0.100. The first-order valence-corrected chi connectivity index (χ1v) is 4.04. The SMILES string of the molecule is Cc1coc(-c2cccc(N)c2)n1. The first-order valence-electron chi connectivity index (χ1n) is 4.04. The van der Waals surface area contributed by atoms with Crippen LogP contribution in [0.2, 0.25) is 0 Å². The summed E-state index contributed by atoms with van der Waals surface area (Å²) < 4.78 is 5.24. The molecule has 1 aromatic heterocycles. The van der Waals surface area contributed by atoms with Gasteiger partial charge >= 0.3 is 0 Å². The number of nitrogens with zero attached hydrogens (tertiary/aromatic N) is 1. The number of rotatable bonds is 1. The molecule has 1 aromatic carbocycles. The zero-order chi connectivity index (χ0) is 9.26. The van der Waals surface area contributed by atoms with E-state index in [4.69, 9.17) is 10.2 Å². The third kappa shape index (κ3) is 1.54. The topological polar surface area (TPSA) is 52.0 Å². The molecule has 3 nitrogen and oxygen atoms in total. The highest BCUT2D eigenvalue weighted by Crippen LogP contribution is 2.20. The molecule has 1 heterocycles. The van der Waals surface area contributed by atoms with E-state index in [1.807, 2.05) is 31.2 Å². The van der Waals surface area contributed by atoms with Gasteiger partial charge in [-0.2, -0.15) is 0 Å². The summed E-state index contributed by atoms with van der Waals surface area (Å²) in [6.45, 7) is 1.89. The maximum atomic E-state index is 5.63. The van der Waals surface area contributed by atoms with Crippen LogP contribution >= 0.6 is 0 Å². The number of benzene rings is 1. The second-order valence-corrected chi connectivity index (χ2v) is 2.92. The summed E-state index contributed by atoms with van der Waals surface area (Å²) in [5.41, 5.74) is 8.13. The zero-order valence-corrected chi connectivity index (χ0v) is 7.32. The van der Waals surface area contributed by atoms with Gasteiger partial charge in [-0.3, -0.25) is 0 Å². The highest BCUT2D eigenvalue weighted by molar-refractivity contribution is 5.59. The average Bonchev–Trinajstić information content (AvgIpc) is 2.52. The summed E-state index contributed by atoms with van der Waals surface area (Å²) in [6.07, 6.45) is 1.62. The third-order valence-electron chi connectivity index (χ3n) is 1.75. The van der Waals surface area contributed by atoms with Gasteiger partial charge in [0, 0.05) is 11.3 Å². The standard InChI is InChI=1S/C10H10N2O/c1-7-6-13-10(12-7)8-3-2-4-9(11)5-8/h2-6H,11H2,1H3. The minimum absolute atomic E-state index is 0.616. The van der Waals surface area contributed by atoms with Crippen molar-refractivity contribution in [2.45, 2.75) is 6.92 Å². The van der Waals surface area contributed by atoms with Crippen LogP contribution in [0.4, 0.5) is 5.69 Å². The Bertz CT molecular complexity index is 420. The molecule has 0 fully saturated rings. The molecule has 0 unspecified atom stereocenters. The van der Waals surface area contributed by atoms with Crippen LogP contribution in [0.3, 0.4) is 0 Å². The Morgan fingerprint density at radius 3 is 2.85 bits per heavy atom. The molecule has 2 aromatic rings. The molecule has 0 amide bonds. The van der Waals surface area contributed by atoms with Crippen LogP contribution in [-0.2, 0) is 0 Å². The van der Waals surface area contributed by atoms with Crippen molar-refractivity contribution < 1.29 is 4.42 Å². The van der Waals surface area contributed by atoms with Crippen LogP contribution in [-0.4, -0.2) is 4.98 Å². The zero-order valence-electron chi connectivity index (χ0n) is 7.32. The Labute approximate surface area is 76.2 Å². The van der Waals surface area contributed by atoms with E-state index in [-0.39, 0.29) is 0 Å². The van der Waals surface area contributed by atoms with Gasteiger partial charge < -0.3 is 10.2 Å². The van der Waals surface area contributed by atoms with E-state index in [1.165, 1.54) is 0 Å². The summed E-state index contributed by atoms with van der Waals surface area (Å²) in [7, 11) is 0. The van der Waals surface area contributed by atoms with Crippen molar-refractivity contribution in [2.75, 3.05) is 5.73 Å². The molecule has 0 saturated heterocycles. The summed E-state index contributed by atoms with van der Waals surface area (Å²) in [4.78, 5) is 4.20. The second kappa shape index (κ2) is 2.94. The highest BCUT2D eigenvalue weighted by Gasteiger charge is 2.03. The normalized spacial score (nSPS) is 10.2. The lowest BCUT2D eigenvalue weighted by molar-refractivity contribution is 0.573. The highest BCUT2D eigenvalue weighted by atomic mass is 16.3. The van der Waals surface area contributed by atoms with E-state index in [1.54, 1.807) is 6.26 Å². The number of nitrogens with two attached hydrogens (primary N) is 1. The quantitative estimate of drug-likeness (QED) is 0.674. The van der Waals surface area contributed by atoms with Crippen molar-refractivity contribution in [1.82, 2.24) is 4.98 Å². The van der Waals surface area contributed by atoms with Gasteiger partial charge in [0.25, 0.3) is 0 Å². The molecular formula is C10H10N2O.